The van der Waals surface area contributed by atoms with E-state index in [0.29, 0.717) is 31.3 Å². The number of guanidine groups is 1. The standard InChI is InChI=1S/C17H32N4O3/c1-4-24-14-11-13(17(14)7-5-6-8-17)21-16(18-2)20-12-15(22)19-9-10-23-3/h13-14H,4-12H2,1-3H3,(H,19,22)(H2,18,20,21). The van der Waals surface area contributed by atoms with Gasteiger partial charge in [-0.3, -0.25) is 9.79 Å². The van der Waals surface area contributed by atoms with Gasteiger partial charge in [0.1, 0.15) is 0 Å². The summed E-state index contributed by atoms with van der Waals surface area (Å²) in [6.07, 6.45) is 6.34. The number of carbonyl (C=O) groups is 1. The fourth-order valence-electron chi connectivity index (χ4n) is 3.97. The summed E-state index contributed by atoms with van der Waals surface area (Å²) in [5.74, 6) is 0.620. The summed E-state index contributed by atoms with van der Waals surface area (Å²) in [5, 5.41) is 9.38. The molecule has 0 radical (unpaired) electrons. The Labute approximate surface area is 145 Å². The fraction of sp³-hybridized carbons (Fsp3) is 0.882. The Kier molecular flexibility index (Phi) is 7.30. The van der Waals surface area contributed by atoms with Crippen molar-refractivity contribution in [2.75, 3.05) is 40.5 Å². The summed E-state index contributed by atoms with van der Waals surface area (Å²) >= 11 is 0. The number of aliphatic imine (C=N–C) groups is 1. The molecular weight excluding hydrogens is 308 g/mol. The molecular formula is C17H32N4O3. The minimum atomic E-state index is -0.0635. The molecule has 0 aliphatic heterocycles. The third-order valence-electron chi connectivity index (χ3n) is 5.27. The molecule has 0 heterocycles. The summed E-state index contributed by atoms with van der Waals surface area (Å²) in [7, 11) is 3.35. The Morgan fingerprint density at radius 2 is 2.04 bits per heavy atom. The average molecular weight is 340 g/mol. The first-order valence-corrected chi connectivity index (χ1v) is 9.00. The molecule has 0 aromatic rings. The molecule has 7 nitrogen and oxygen atoms in total. The second-order valence-electron chi connectivity index (χ2n) is 6.59. The lowest BCUT2D eigenvalue weighted by atomic mass is 9.60. The Morgan fingerprint density at radius 1 is 1.29 bits per heavy atom. The molecule has 138 valence electrons. The topological polar surface area (TPSA) is 84.0 Å². The van der Waals surface area contributed by atoms with E-state index in [1.807, 2.05) is 0 Å². The maximum atomic E-state index is 11.8. The molecule has 2 atom stereocenters. The van der Waals surface area contributed by atoms with E-state index in [4.69, 9.17) is 9.47 Å². The molecule has 24 heavy (non-hydrogen) atoms. The molecule has 0 saturated heterocycles. The van der Waals surface area contributed by atoms with Gasteiger partial charge in [0.25, 0.3) is 0 Å². The maximum absolute atomic E-state index is 11.8. The molecule has 1 spiro atoms. The van der Waals surface area contributed by atoms with E-state index in [1.54, 1.807) is 14.2 Å². The first-order chi connectivity index (χ1) is 11.7. The summed E-state index contributed by atoms with van der Waals surface area (Å²) in [6.45, 7) is 4.07. The zero-order valence-electron chi connectivity index (χ0n) is 15.2. The van der Waals surface area contributed by atoms with E-state index in [-0.39, 0.29) is 17.9 Å². The highest BCUT2D eigenvalue weighted by molar-refractivity contribution is 5.86. The van der Waals surface area contributed by atoms with Crippen LogP contribution in [-0.2, 0) is 14.3 Å². The van der Waals surface area contributed by atoms with E-state index in [0.717, 1.165) is 13.0 Å². The minimum Gasteiger partial charge on any atom is -0.383 e. The fourth-order valence-corrected chi connectivity index (χ4v) is 3.97. The summed E-state index contributed by atoms with van der Waals surface area (Å²) in [4.78, 5) is 16.0. The highest BCUT2D eigenvalue weighted by Gasteiger charge is 2.56. The number of hydrogen-bond donors (Lipinski definition) is 3. The van der Waals surface area contributed by atoms with Crippen molar-refractivity contribution in [2.45, 2.75) is 51.2 Å². The van der Waals surface area contributed by atoms with Crippen molar-refractivity contribution in [1.82, 2.24) is 16.0 Å². The van der Waals surface area contributed by atoms with Crippen molar-refractivity contribution >= 4 is 11.9 Å². The van der Waals surface area contributed by atoms with Gasteiger partial charge in [0, 0.05) is 38.8 Å². The van der Waals surface area contributed by atoms with Gasteiger partial charge in [0.15, 0.2) is 5.96 Å². The molecule has 2 fully saturated rings. The van der Waals surface area contributed by atoms with E-state index < -0.39 is 0 Å². The monoisotopic (exact) mass is 340 g/mol. The van der Waals surface area contributed by atoms with Gasteiger partial charge >= 0.3 is 0 Å². The largest absolute Gasteiger partial charge is 0.383 e. The molecule has 2 saturated carbocycles. The van der Waals surface area contributed by atoms with Crippen LogP contribution >= 0.6 is 0 Å². The Bertz CT molecular complexity index is 436. The number of methoxy groups -OCH3 is 1. The van der Waals surface area contributed by atoms with Gasteiger partial charge in [-0.2, -0.15) is 0 Å². The highest BCUT2D eigenvalue weighted by atomic mass is 16.5. The van der Waals surface area contributed by atoms with Crippen molar-refractivity contribution in [3.8, 4) is 0 Å². The molecule has 2 aliphatic carbocycles. The zero-order valence-corrected chi connectivity index (χ0v) is 15.2. The SMILES string of the molecule is CCOC1CC(NC(=NC)NCC(=O)NCCOC)C12CCCC2. The molecule has 0 aromatic heterocycles. The van der Waals surface area contributed by atoms with Crippen LogP contribution < -0.4 is 16.0 Å². The molecule has 1 amide bonds. The van der Waals surface area contributed by atoms with Gasteiger partial charge in [-0.25, -0.2) is 0 Å². The third-order valence-corrected chi connectivity index (χ3v) is 5.27. The number of ether oxygens (including phenoxy) is 2. The highest BCUT2D eigenvalue weighted by Crippen LogP contribution is 2.54. The molecule has 7 heteroatoms. The summed E-state index contributed by atoms with van der Waals surface area (Å²) in [5.41, 5.74) is 0.244. The lowest BCUT2D eigenvalue weighted by Crippen LogP contribution is -2.65. The molecule has 3 N–H and O–H groups in total. The van der Waals surface area contributed by atoms with Gasteiger partial charge < -0.3 is 25.4 Å². The van der Waals surface area contributed by atoms with Crippen LogP contribution in [0.4, 0.5) is 0 Å². The third kappa shape index (κ3) is 4.39. The molecule has 0 aromatic carbocycles. The van der Waals surface area contributed by atoms with Crippen LogP contribution in [-0.4, -0.2) is 64.5 Å². The number of nitrogens with zero attached hydrogens (tertiary/aromatic N) is 1. The summed E-state index contributed by atoms with van der Waals surface area (Å²) < 4.78 is 10.9. The smallest absolute Gasteiger partial charge is 0.239 e. The second kappa shape index (κ2) is 9.22. The van der Waals surface area contributed by atoms with E-state index in [9.17, 15) is 4.79 Å². The van der Waals surface area contributed by atoms with E-state index in [2.05, 4.69) is 27.9 Å². The normalized spacial score (nSPS) is 25.4. The lowest BCUT2D eigenvalue weighted by Gasteiger charge is -2.54. The quantitative estimate of drug-likeness (QED) is 0.343. The van der Waals surface area contributed by atoms with Crippen LogP contribution in [0, 0.1) is 5.41 Å². The van der Waals surface area contributed by atoms with Crippen LogP contribution in [0.25, 0.3) is 0 Å². The van der Waals surface area contributed by atoms with Gasteiger partial charge in [-0.05, 0) is 26.2 Å². The molecule has 2 aliphatic rings. The number of hydrogen-bond acceptors (Lipinski definition) is 4. The average Bonchev–Trinajstić information content (AvgIpc) is 3.10. The van der Waals surface area contributed by atoms with Gasteiger partial charge in [-0.1, -0.05) is 12.8 Å². The summed E-state index contributed by atoms with van der Waals surface area (Å²) in [6, 6.07) is 0.374. The minimum absolute atomic E-state index is 0.0635. The molecule has 2 unspecified atom stereocenters. The molecule has 2 rings (SSSR count). The van der Waals surface area contributed by atoms with Crippen LogP contribution in [0.2, 0.25) is 0 Å². The second-order valence-corrected chi connectivity index (χ2v) is 6.59. The van der Waals surface area contributed by atoms with Crippen LogP contribution in [0.15, 0.2) is 4.99 Å². The van der Waals surface area contributed by atoms with Crippen molar-refractivity contribution in [2.24, 2.45) is 10.4 Å². The maximum Gasteiger partial charge on any atom is 0.239 e. The lowest BCUT2D eigenvalue weighted by molar-refractivity contribution is -0.126. The van der Waals surface area contributed by atoms with Crippen molar-refractivity contribution in [1.29, 1.82) is 0 Å². The predicted octanol–water partition coefficient (Wildman–Crippen LogP) is 0.652. The first-order valence-electron chi connectivity index (χ1n) is 9.00. The Hall–Kier alpha value is -1.34. The number of carbonyl (C=O) groups excluding carboxylic acids is 1. The van der Waals surface area contributed by atoms with Gasteiger partial charge in [0.2, 0.25) is 5.91 Å². The Morgan fingerprint density at radius 3 is 2.67 bits per heavy atom. The number of nitrogens with one attached hydrogen (secondary N) is 3. The van der Waals surface area contributed by atoms with E-state index >= 15 is 0 Å². The van der Waals surface area contributed by atoms with Crippen molar-refractivity contribution in [3.63, 3.8) is 0 Å². The van der Waals surface area contributed by atoms with Crippen molar-refractivity contribution in [3.05, 3.63) is 0 Å². The van der Waals surface area contributed by atoms with Crippen molar-refractivity contribution < 1.29 is 14.3 Å². The van der Waals surface area contributed by atoms with E-state index in [1.165, 1.54) is 25.7 Å². The van der Waals surface area contributed by atoms with Crippen LogP contribution in [0.3, 0.4) is 0 Å². The first kappa shape index (κ1) is 19.0. The zero-order chi connectivity index (χ0) is 17.4. The molecule has 0 bridgehead atoms. The van der Waals surface area contributed by atoms with Crippen LogP contribution in [0.1, 0.15) is 39.0 Å². The Balaban J connectivity index is 1.79. The van der Waals surface area contributed by atoms with Gasteiger partial charge in [0.05, 0.1) is 19.3 Å². The predicted molar refractivity (Wildman–Crippen MR) is 94.1 cm³/mol. The van der Waals surface area contributed by atoms with Crippen LogP contribution in [0.5, 0.6) is 0 Å². The number of amides is 1. The number of rotatable bonds is 8. The van der Waals surface area contributed by atoms with Gasteiger partial charge in [-0.15, -0.1) is 0 Å².